The number of benzene rings is 1. The van der Waals surface area contributed by atoms with Crippen molar-refractivity contribution in [3.8, 4) is 22.6 Å². The Kier molecular flexibility index (Phi) is 4.90. The summed E-state index contributed by atoms with van der Waals surface area (Å²) in [5.74, 6) is 1.44. The molecule has 0 radical (unpaired) electrons. The molecule has 0 fully saturated rings. The van der Waals surface area contributed by atoms with Crippen LogP contribution in [0.4, 0.5) is 0 Å². The highest BCUT2D eigenvalue weighted by Crippen LogP contribution is 2.36. The summed E-state index contributed by atoms with van der Waals surface area (Å²) in [6, 6.07) is 3.88. The summed E-state index contributed by atoms with van der Waals surface area (Å²) in [7, 11) is 8.95. The number of nitrogens with zero attached hydrogens (tertiary/aromatic N) is 4. The van der Waals surface area contributed by atoms with Crippen LogP contribution in [0.5, 0.6) is 11.5 Å². The van der Waals surface area contributed by atoms with Crippen molar-refractivity contribution < 1.29 is 9.47 Å². The number of hydrogen-bond donors (Lipinski definition) is 0. The summed E-state index contributed by atoms with van der Waals surface area (Å²) >= 11 is 0. The molecule has 3 aromatic rings. The number of ether oxygens (including phenoxy) is 2. The highest BCUT2D eigenvalue weighted by Gasteiger charge is 2.17. The Balaban J connectivity index is 2.30. The molecule has 2 heterocycles. The standard InChI is InChI=1S/C19H22N4O3/c1-22(2)10-14-15(25-4)8-12(9-16(14)26-5)13-11-23(3)19(24)18-17(13)20-6-7-21-18/h6-9,11H,10H2,1-5H3. The van der Waals surface area contributed by atoms with Gasteiger partial charge < -0.3 is 18.9 Å². The molecular formula is C19H22N4O3. The Morgan fingerprint density at radius 3 is 2.15 bits per heavy atom. The van der Waals surface area contributed by atoms with E-state index in [4.69, 9.17) is 9.47 Å². The van der Waals surface area contributed by atoms with E-state index in [0.29, 0.717) is 17.6 Å². The minimum absolute atomic E-state index is 0.181. The summed E-state index contributed by atoms with van der Waals surface area (Å²) in [6.07, 6.45) is 4.87. The third kappa shape index (κ3) is 3.13. The van der Waals surface area contributed by atoms with E-state index < -0.39 is 0 Å². The molecule has 0 saturated heterocycles. The van der Waals surface area contributed by atoms with E-state index in [1.54, 1.807) is 33.7 Å². The number of aromatic nitrogens is 3. The first-order chi connectivity index (χ1) is 12.5. The minimum atomic E-state index is -0.181. The average molecular weight is 354 g/mol. The molecule has 7 heteroatoms. The van der Waals surface area contributed by atoms with Gasteiger partial charge in [-0.05, 0) is 31.8 Å². The third-order valence-electron chi connectivity index (χ3n) is 4.19. The van der Waals surface area contributed by atoms with Gasteiger partial charge in [0.1, 0.15) is 17.0 Å². The summed E-state index contributed by atoms with van der Waals surface area (Å²) in [6.45, 7) is 0.681. The van der Waals surface area contributed by atoms with Crippen LogP contribution in [0.1, 0.15) is 5.56 Å². The molecular weight excluding hydrogens is 332 g/mol. The molecule has 0 aliphatic rings. The lowest BCUT2D eigenvalue weighted by atomic mass is 10.0. The van der Waals surface area contributed by atoms with Crippen molar-refractivity contribution >= 4 is 11.0 Å². The van der Waals surface area contributed by atoms with Gasteiger partial charge in [0, 0.05) is 37.7 Å². The van der Waals surface area contributed by atoms with Crippen molar-refractivity contribution in [2.24, 2.45) is 7.05 Å². The normalized spacial score (nSPS) is 11.2. The zero-order chi connectivity index (χ0) is 18.8. The molecule has 0 unspecified atom stereocenters. The fraction of sp³-hybridized carbons (Fsp3) is 0.316. The van der Waals surface area contributed by atoms with Gasteiger partial charge in [-0.25, -0.2) is 4.98 Å². The number of rotatable bonds is 5. The fourth-order valence-corrected chi connectivity index (χ4v) is 2.99. The Labute approximate surface area is 151 Å². The average Bonchev–Trinajstić information content (AvgIpc) is 2.64. The topological polar surface area (TPSA) is 69.5 Å². The predicted molar refractivity (Wildman–Crippen MR) is 101 cm³/mol. The smallest absolute Gasteiger partial charge is 0.278 e. The van der Waals surface area contributed by atoms with Crippen LogP contribution in [0, 0.1) is 0 Å². The molecule has 136 valence electrons. The molecule has 0 N–H and O–H groups in total. The zero-order valence-electron chi connectivity index (χ0n) is 15.6. The van der Waals surface area contributed by atoms with Gasteiger partial charge in [-0.15, -0.1) is 0 Å². The van der Waals surface area contributed by atoms with Crippen LogP contribution in [-0.2, 0) is 13.6 Å². The Bertz CT molecular complexity index is 986. The Hall–Kier alpha value is -2.93. The van der Waals surface area contributed by atoms with Crippen LogP contribution >= 0.6 is 0 Å². The van der Waals surface area contributed by atoms with E-state index in [-0.39, 0.29) is 5.56 Å². The van der Waals surface area contributed by atoms with Gasteiger partial charge in [-0.1, -0.05) is 0 Å². The quantitative estimate of drug-likeness (QED) is 0.699. The van der Waals surface area contributed by atoms with Crippen LogP contribution in [0.3, 0.4) is 0 Å². The molecule has 0 bridgehead atoms. The van der Waals surface area contributed by atoms with Gasteiger partial charge in [0.25, 0.3) is 5.56 Å². The molecule has 7 nitrogen and oxygen atoms in total. The lowest BCUT2D eigenvalue weighted by Crippen LogP contribution is -2.18. The Morgan fingerprint density at radius 2 is 1.62 bits per heavy atom. The molecule has 0 amide bonds. The van der Waals surface area contributed by atoms with Crippen molar-refractivity contribution in [2.45, 2.75) is 6.54 Å². The van der Waals surface area contributed by atoms with E-state index in [1.807, 2.05) is 31.1 Å². The number of pyridine rings is 1. The molecule has 0 saturated carbocycles. The second-order valence-corrected chi connectivity index (χ2v) is 6.31. The maximum Gasteiger partial charge on any atom is 0.278 e. The SMILES string of the molecule is COc1cc(-c2cn(C)c(=O)c3nccnc23)cc(OC)c1CN(C)C. The largest absolute Gasteiger partial charge is 0.496 e. The summed E-state index contributed by atoms with van der Waals surface area (Å²) < 4.78 is 12.7. The first-order valence-electron chi connectivity index (χ1n) is 8.16. The molecule has 3 rings (SSSR count). The highest BCUT2D eigenvalue weighted by molar-refractivity contribution is 5.91. The molecule has 26 heavy (non-hydrogen) atoms. The maximum atomic E-state index is 12.3. The van der Waals surface area contributed by atoms with Gasteiger partial charge in [-0.3, -0.25) is 9.78 Å². The van der Waals surface area contributed by atoms with Gasteiger partial charge in [0.15, 0.2) is 5.52 Å². The molecule has 0 aliphatic carbocycles. The van der Waals surface area contributed by atoms with Crippen molar-refractivity contribution in [3.05, 3.63) is 46.6 Å². The number of methoxy groups -OCH3 is 2. The summed E-state index contributed by atoms with van der Waals surface area (Å²) in [5.41, 5.74) is 3.32. The number of hydrogen-bond acceptors (Lipinski definition) is 6. The molecule has 0 atom stereocenters. The fourth-order valence-electron chi connectivity index (χ4n) is 2.99. The van der Waals surface area contributed by atoms with Gasteiger partial charge >= 0.3 is 0 Å². The Morgan fingerprint density at radius 1 is 1.04 bits per heavy atom. The zero-order valence-corrected chi connectivity index (χ0v) is 15.6. The lowest BCUT2D eigenvalue weighted by Gasteiger charge is -2.19. The van der Waals surface area contributed by atoms with Gasteiger partial charge in [-0.2, -0.15) is 0 Å². The summed E-state index contributed by atoms with van der Waals surface area (Å²) in [5, 5.41) is 0. The predicted octanol–water partition coefficient (Wildman–Crippen LogP) is 2.07. The first-order valence-corrected chi connectivity index (χ1v) is 8.16. The molecule has 1 aromatic carbocycles. The molecule has 2 aromatic heterocycles. The van der Waals surface area contributed by atoms with Crippen LogP contribution in [0.15, 0.2) is 35.5 Å². The van der Waals surface area contributed by atoms with E-state index in [0.717, 1.165) is 28.2 Å². The van der Waals surface area contributed by atoms with E-state index >= 15 is 0 Å². The van der Waals surface area contributed by atoms with Crippen LogP contribution < -0.4 is 15.0 Å². The van der Waals surface area contributed by atoms with E-state index in [9.17, 15) is 4.79 Å². The molecule has 0 aliphatic heterocycles. The van der Waals surface area contributed by atoms with Gasteiger partial charge in [0.05, 0.1) is 19.8 Å². The second kappa shape index (κ2) is 7.13. The van der Waals surface area contributed by atoms with Crippen LogP contribution in [0.25, 0.3) is 22.2 Å². The third-order valence-corrected chi connectivity index (χ3v) is 4.19. The van der Waals surface area contributed by atoms with Crippen LogP contribution in [-0.4, -0.2) is 47.7 Å². The van der Waals surface area contributed by atoms with Crippen molar-refractivity contribution in [1.29, 1.82) is 0 Å². The number of aryl methyl sites for hydroxylation is 1. The monoisotopic (exact) mass is 354 g/mol. The van der Waals surface area contributed by atoms with E-state index in [2.05, 4.69) is 9.97 Å². The molecule has 0 spiro atoms. The van der Waals surface area contributed by atoms with Crippen molar-refractivity contribution in [2.75, 3.05) is 28.3 Å². The lowest BCUT2D eigenvalue weighted by molar-refractivity contribution is 0.349. The van der Waals surface area contributed by atoms with E-state index in [1.165, 1.54) is 10.8 Å². The van der Waals surface area contributed by atoms with Gasteiger partial charge in [0.2, 0.25) is 0 Å². The van der Waals surface area contributed by atoms with Crippen molar-refractivity contribution in [3.63, 3.8) is 0 Å². The van der Waals surface area contributed by atoms with Crippen molar-refractivity contribution in [1.82, 2.24) is 19.4 Å². The second-order valence-electron chi connectivity index (χ2n) is 6.31. The summed E-state index contributed by atoms with van der Waals surface area (Å²) in [4.78, 5) is 23.0. The maximum absolute atomic E-state index is 12.3. The first kappa shape index (κ1) is 17.9. The number of fused-ring (bicyclic) bond motifs is 1. The van der Waals surface area contributed by atoms with Crippen LogP contribution in [0.2, 0.25) is 0 Å². The highest BCUT2D eigenvalue weighted by atomic mass is 16.5. The minimum Gasteiger partial charge on any atom is -0.496 e.